The maximum Gasteiger partial charge on any atom is 0.451 e. The highest BCUT2D eigenvalue weighted by atomic mass is 19.4. The molecule has 1 aliphatic heterocycles. The lowest BCUT2D eigenvalue weighted by molar-refractivity contribution is -0.144. The lowest BCUT2D eigenvalue weighted by Crippen LogP contribution is -2.52. The summed E-state index contributed by atoms with van der Waals surface area (Å²) < 4.78 is 37.1. The average molecular weight is 336 g/mol. The highest BCUT2D eigenvalue weighted by Gasteiger charge is 2.34. The Balaban J connectivity index is 1.48. The van der Waals surface area contributed by atoms with E-state index in [2.05, 4.69) is 15.3 Å². The van der Waals surface area contributed by atoms with Gasteiger partial charge in [0.15, 0.2) is 0 Å². The predicted octanol–water partition coefficient (Wildman–Crippen LogP) is 3.20. The Morgan fingerprint density at radius 2 is 1.79 bits per heavy atom. The molecule has 0 aliphatic carbocycles. The molecule has 2 heterocycles. The molecule has 1 N–H and O–H groups in total. The number of carbonyl (C=O) groups is 1. The molecule has 126 valence electrons. The van der Waals surface area contributed by atoms with Crippen molar-refractivity contribution in [1.29, 1.82) is 0 Å². The van der Waals surface area contributed by atoms with Crippen molar-refractivity contribution in [3.05, 3.63) is 54.1 Å². The van der Waals surface area contributed by atoms with Gasteiger partial charge in [0.05, 0.1) is 18.1 Å². The summed E-state index contributed by atoms with van der Waals surface area (Å²) in [7, 11) is 0. The van der Waals surface area contributed by atoms with E-state index in [0.29, 0.717) is 19.0 Å². The monoisotopic (exact) mass is 336 g/mol. The van der Waals surface area contributed by atoms with Crippen LogP contribution in [0.2, 0.25) is 0 Å². The smallest absolute Gasteiger partial charge is 0.324 e. The topological polar surface area (TPSA) is 58.1 Å². The molecule has 0 radical (unpaired) electrons. The summed E-state index contributed by atoms with van der Waals surface area (Å²) in [5, 5.41) is 2.50. The average Bonchev–Trinajstić information content (AvgIpc) is 2.51. The van der Waals surface area contributed by atoms with Gasteiger partial charge in [-0.05, 0) is 17.9 Å². The molecular formula is C16H15F3N4O. The van der Waals surface area contributed by atoms with E-state index in [9.17, 15) is 18.0 Å². The molecule has 2 amide bonds. The summed E-state index contributed by atoms with van der Waals surface area (Å²) in [5.41, 5.74) is 1.36. The van der Waals surface area contributed by atoms with E-state index >= 15 is 0 Å². The van der Waals surface area contributed by atoms with Crippen LogP contribution in [0.5, 0.6) is 0 Å². The maximum atomic E-state index is 12.4. The number of nitrogens with zero attached hydrogens (tertiary/aromatic N) is 3. The van der Waals surface area contributed by atoms with Crippen molar-refractivity contribution in [2.45, 2.75) is 12.6 Å². The second kappa shape index (κ2) is 6.46. The molecular weight excluding hydrogens is 321 g/mol. The number of rotatable bonds is 3. The molecule has 24 heavy (non-hydrogen) atoms. The molecule has 0 unspecified atom stereocenters. The standard InChI is InChI=1S/C16H15F3N4O/c17-16(18,19)14-20-7-13(8-21-14)22-15(24)23-9-12(10-23)6-11-4-2-1-3-5-11/h1-5,7-8,12H,6,9-10H2,(H,22,24). The fourth-order valence-electron chi connectivity index (χ4n) is 2.55. The van der Waals surface area contributed by atoms with Gasteiger partial charge in [0.1, 0.15) is 0 Å². The Morgan fingerprint density at radius 1 is 1.17 bits per heavy atom. The molecule has 8 heteroatoms. The molecule has 5 nitrogen and oxygen atoms in total. The Labute approximate surface area is 136 Å². The summed E-state index contributed by atoms with van der Waals surface area (Å²) in [6.07, 6.45) is -1.79. The number of nitrogens with one attached hydrogen (secondary N) is 1. The molecule has 2 aromatic rings. The number of benzene rings is 1. The molecule has 1 aromatic carbocycles. The van der Waals surface area contributed by atoms with Crippen LogP contribution >= 0.6 is 0 Å². The number of aromatic nitrogens is 2. The van der Waals surface area contributed by atoms with E-state index in [1.807, 2.05) is 30.3 Å². The van der Waals surface area contributed by atoms with Crippen molar-refractivity contribution < 1.29 is 18.0 Å². The van der Waals surface area contributed by atoms with E-state index in [0.717, 1.165) is 18.8 Å². The minimum absolute atomic E-state index is 0.138. The van der Waals surface area contributed by atoms with Crippen LogP contribution in [-0.2, 0) is 12.6 Å². The second-order valence-electron chi connectivity index (χ2n) is 5.68. The van der Waals surface area contributed by atoms with Crippen LogP contribution in [-0.4, -0.2) is 34.0 Å². The summed E-state index contributed by atoms with van der Waals surface area (Å²) in [4.78, 5) is 20.0. The maximum absolute atomic E-state index is 12.4. The minimum Gasteiger partial charge on any atom is -0.324 e. The molecule has 0 saturated carbocycles. The number of urea groups is 1. The van der Waals surface area contributed by atoms with Gasteiger partial charge >= 0.3 is 12.2 Å². The highest BCUT2D eigenvalue weighted by molar-refractivity contribution is 5.89. The van der Waals surface area contributed by atoms with Gasteiger partial charge in [0, 0.05) is 13.1 Å². The largest absolute Gasteiger partial charge is 0.451 e. The van der Waals surface area contributed by atoms with E-state index in [4.69, 9.17) is 0 Å². The molecule has 0 bridgehead atoms. The summed E-state index contributed by atoms with van der Waals surface area (Å²) in [6.45, 7) is 1.23. The Kier molecular flexibility index (Phi) is 4.37. The summed E-state index contributed by atoms with van der Waals surface area (Å²) >= 11 is 0. The fraction of sp³-hybridized carbons (Fsp3) is 0.312. The van der Waals surface area contributed by atoms with Crippen LogP contribution in [0.25, 0.3) is 0 Å². The number of likely N-dealkylation sites (tertiary alicyclic amines) is 1. The van der Waals surface area contributed by atoms with E-state index < -0.39 is 12.0 Å². The van der Waals surface area contributed by atoms with Gasteiger partial charge in [0.25, 0.3) is 0 Å². The molecule has 1 fully saturated rings. The fourth-order valence-corrected chi connectivity index (χ4v) is 2.55. The first-order valence-corrected chi connectivity index (χ1v) is 7.41. The first kappa shape index (κ1) is 16.2. The van der Waals surface area contributed by atoms with Gasteiger partial charge in [-0.25, -0.2) is 14.8 Å². The lowest BCUT2D eigenvalue weighted by Gasteiger charge is -2.39. The third kappa shape index (κ3) is 3.81. The summed E-state index contributed by atoms with van der Waals surface area (Å²) in [6, 6.07) is 9.63. The third-order valence-corrected chi connectivity index (χ3v) is 3.77. The van der Waals surface area contributed by atoms with Crippen molar-refractivity contribution in [3.63, 3.8) is 0 Å². The first-order valence-electron chi connectivity index (χ1n) is 7.41. The number of amides is 2. The number of anilines is 1. The van der Waals surface area contributed by atoms with E-state index in [-0.39, 0.29) is 11.7 Å². The molecule has 0 spiro atoms. The third-order valence-electron chi connectivity index (χ3n) is 3.77. The van der Waals surface area contributed by atoms with Crippen LogP contribution in [0.4, 0.5) is 23.7 Å². The highest BCUT2D eigenvalue weighted by Crippen LogP contribution is 2.26. The van der Waals surface area contributed by atoms with Crippen LogP contribution in [0.1, 0.15) is 11.4 Å². The quantitative estimate of drug-likeness (QED) is 0.936. The van der Waals surface area contributed by atoms with Crippen LogP contribution in [0.15, 0.2) is 42.7 Å². The van der Waals surface area contributed by atoms with E-state index in [1.165, 1.54) is 5.56 Å². The van der Waals surface area contributed by atoms with Gasteiger partial charge in [-0.3, -0.25) is 0 Å². The molecule has 3 rings (SSSR count). The summed E-state index contributed by atoms with van der Waals surface area (Å²) in [5.74, 6) is -0.839. The number of hydrogen-bond donors (Lipinski definition) is 1. The van der Waals surface area contributed by atoms with Gasteiger partial charge in [-0.2, -0.15) is 13.2 Å². The van der Waals surface area contributed by atoms with Crippen LogP contribution in [0.3, 0.4) is 0 Å². The Hall–Kier alpha value is -2.64. The van der Waals surface area contributed by atoms with Gasteiger partial charge in [-0.1, -0.05) is 30.3 Å². The molecule has 1 aliphatic rings. The molecule has 1 aromatic heterocycles. The van der Waals surface area contributed by atoms with Crippen molar-refractivity contribution >= 4 is 11.7 Å². The van der Waals surface area contributed by atoms with Crippen LogP contribution < -0.4 is 5.32 Å². The zero-order valence-corrected chi connectivity index (χ0v) is 12.6. The van der Waals surface area contributed by atoms with E-state index in [1.54, 1.807) is 4.90 Å². The number of carbonyl (C=O) groups excluding carboxylic acids is 1. The zero-order valence-electron chi connectivity index (χ0n) is 12.6. The minimum atomic E-state index is -4.59. The number of alkyl halides is 3. The first-order chi connectivity index (χ1) is 11.4. The predicted molar refractivity (Wildman–Crippen MR) is 81.3 cm³/mol. The normalized spacial score (nSPS) is 15.0. The zero-order chi connectivity index (χ0) is 17.2. The van der Waals surface area contributed by atoms with Crippen LogP contribution in [0, 0.1) is 5.92 Å². The van der Waals surface area contributed by atoms with Gasteiger partial charge < -0.3 is 10.2 Å². The second-order valence-corrected chi connectivity index (χ2v) is 5.68. The van der Waals surface area contributed by atoms with Crippen molar-refractivity contribution in [3.8, 4) is 0 Å². The van der Waals surface area contributed by atoms with Crippen molar-refractivity contribution in [2.24, 2.45) is 5.92 Å². The number of hydrogen-bond acceptors (Lipinski definition) is 3. The van der Waals surface area contributed by atoms with Crippen molar-refractivity contribution in [2.75, 3.05) is 18.4 Å². The Morgan fingerprint density at radius 3 is 2.38 bits per heavy atom. The van der Waals surface area contributed by atoms with Gasteiger partial charge in [0.2, 0.25) is 5.82 Å². The number of halogens is 3. The van der Waals surface area contributed by atoms with Crippen molar-refractivity contribution in [1.82, 2.24) is 14.9 Å². The lowest BCUT2D eigenvalue weighted by atomic mass is 9.92. The Bertz CT molecular complexity index is 698. The molecule has 1 saturated heterocycles. The molecule has 0 atom stereocenters. The van der Waals surface area contributed by atoms with Gasteiger partial charge in [-0.15, -0.1) is 0 Å². The SMILES string of the molecule is O=C(Nc1cnc(C(F)(F)F)nc1)N1CC(Cc2ccccc2)C1.